The van der Waals surface area contributed by atoms with Gasteiger partial charge in [0.2, 0.25) is 0 Å². The van der Waals surface area contributed by atoms with Crippen molar-refractivity contribution in [2.45, 2.75) is 45.4 Å². The number of alkyl halides is 3. The molecule has 2 N–H and O–H groups in total. The van der Waals surface area contributed by atoms with Crippen molar-refractivity contribution in [3.05, 3.63) is 59.7 Å². The molecule has 0 fully saturated rings. The van der Waals surface area contributed by atoms with Crippen LogP contribution in [0.2, 0.25) is 0 Å². The molecule has 0 spiro atoms. The standard InChI is InChI=1S/C27H35F3N2O6/c1-3-5-15-36-16-13-32(26(35)31-22-8-6-7-21(19-22)27(28,29)30)14-17-38-23-11-9-20(10-12-23)18-24(25(33)34)37-4-2/h6-12,19,24H,3-5,13-18H2,1-2H3,(H,31,35)(H,33,34). The van der Waals surface area contributed by atoms with E-state index in [1.807, 2.05) is 6.92 Å². The first-order valence-corrected chi connectivity index (χ1v) is 12.5. The number of aliphatic carboxylic acids is 1. The molecule has 8 nitrogen and oxygen atoms in total. The lowest BCUT2D eigenvalue weighted by atomic mass is 10.1. The summed E-state index contributed by atoms with van der Waals surface area (Å²) in [6.07, 6.45) is -3.39. The fourth-order valence-corrected chi connectivity index (χ4v) is 3.44. The number of carboxylic acids is 1. The number of halogens is 3. The van der Waals surface area contributed by atoms with E-state index in [4.69, 9.17) is 14.2 Å². The van der Waals surface area contributed by atoms with E-state index in [2.05, 4.69) is 5.32 Å². The number of unbranched alkanes of at least 4 members (excludes halogenated alkanes) is 1. The van der Waals surface area contributed by atoms with Gasteiger partial charge in [0.15, 0.2) is 6.10 Å². The van der Waals surface area contributed by atoms with E-state index in [9.17, 15) is 27.9 Å². The Balaban J connectivity index is 1.96. The number of benzene rings is 2. The van der Waals surface area contributed by atoms with Crippen molar-refractivity contribution in [1.29, 1.82) is 0 Å². The molecule has 0 aliphatic carbocycles. The fraction of sp³-hybridized carbons (Fsp3) is 0.481. The molecule has 2 rings (SSSR count). The largest absolute Gasteiger partial charge is 0.492 e. The number of amides is 2. The predicted molar refractivity (Wildman–Crippen MR) is 136 cm³/mol. The van der Waals surface area contributed by atoms with Crippen molar-refractivity contribution in [1.82, 2.24) is 4.90 Å². The summed E-state index contributed by atoms with van der Waals surface area (Å²) < 4.78 is 55.6. The number of hydrogen-bond donors (Lipinski definition) is 2. The Labute approximate surface area is 220 Å². The zero-order valence-corrected chi connectivity index (χ0v) is 21.6. The van der Waals surface area contributed by atoms with Crippen LogP contribution in [-0.4, -0.2) is 67.6 Å². The maximum atomic E-state index is 13.0. The molecule has 11 heteroatoms. The van der Waals surface area contributed by atoms with Crippen LogP contribution in [0.3, 0.4) is 0 Å². The second-order valence-corrected chi connectivity index (χ2v) is 8.44. The number of nitrogens with zero attached hydrogens (tertiary/aromatic N) is 1. The molecule has 0 bridgehead atoms. The summed E-state index contributed by atoms with van der Waals surface area (Å²) in [5.74, 6) is -0.510. The van der Waals surface area contributed by atoms with E-state index in [1.165, 1.54) is 17.0 Å². The Hall–Kier alpha value is -3.31. The number of urea groups is 1. The Kier molecular flexibility index (Phi) is 12.9. The van der Waals surface area contributed by atoms with Gasteiger partial charge in [-0.1, -0.05) is 31.5 Å². The average molecular weight is 541 g/mol. The van der Waals surface area contributed by atoms with Crippen LogP contribution < -0.4 is 10.1 Å². The molecule has 1 atom stereocenters. The SMILES string of the molecule is CCCCOCCN(CCOc1ccc(CC(OCC)C(=O)O)cc1)C(=O)Nc1cccc(C(F)(F)F)c1. The van der Waals surface area contributed by atoms with Crippen LogP contribution in [0.5, 0.6) is 5.75 Å². The van der Waals surface area contributed by atoms with E-state index in [-0.39, 0.29) is 38.4 Å². The van der Waals surface area contributed by atoms with Crippen LogP contribution in [-0.2, 0) is 26.9 Å². The lowest BCUT2D eigenvalue weighted by molar-refractivity contribution is -0.150. The molecule has 0 saturated heterocycles. The average Bonchev–Trinajstić information content (AvgIpc) is 2.87. The van der Waals surface area contributed by atoms with Crippen molar-refractivity contribution < 1.29 is 42.1 Å². The predicted octanol–water partition coefficient (Wildman–Crippen LogP) is 5.47. The lowest BCUT2D eigenvalue weighted by Gasteiger charge is -2.23. The molecule has 0 heterocycles. The van der Waals surface area contributed by atoms with Gasteiger partial charge in [-0.3, -0.25) is 0 Å². The third kappa shape index (κ3) is 11.0. The highest BCUT2D eigenvalue weighted by Gasteiger charge is 2.30. The quantitative estimate of drug-likeness (QED) is 0.274. The van der Waals surface area contributed by atoms with Gasteiger partial charge in [0.05, 0.1) is 18.7 Å². The zero-order valence-electron chi connectivity index (χ0n) is 21.6. The first-order valence-electron chi connectivity index (χ1n) is 12.5. The normalized spacial score (nSPS) is 12.1. The van der Waals surface area contributed by atoms with E-state index >= 15 is 0 Å². The van der Waals surface area contributed by atoms with Crippen molar-refractivity contribution in [2.75, 3.05) is 44.8 Å². The number of carboxylic acid groups (broad SMARTS) is 1. The Bertz CT molecular complexity index is 1000. The molecule has 0 aliphatic heterocycles. The number of hydrogen-bond acceptors (Lipinski definition) is 5. The number of carbonyl (C=O) groups is 2. The smallest absolute Gasteiger partial charge is 0.416 e. The summed E-state index contributed by atoms with van der Waals surface area (Å²) in [7, 11) is 0. The van der Waals surface area contributed by atoms with Gasteiger partial charge in [0, 0.05) is 31.9 Å². The number of carbonyl (C=O) groups excluding carboxylic acids is 1. The molecule has 2 aromatic rings. The molecule has 0 aliphatic rings. The van der Waals surface area contributed by atoms with E-state index in [1.54, 1.807) is 31.2 Å². The number of nitrogens with one attached hydrogen (secondary N) is 1. The Morgan fingerprint density at radius 1 is 1.03 bits per heavy atom. The molecule has 2 amide bonds. The Morgan fingerprint density at radius 3 is 2.37 bits per heavy atom. The van der Waals surface area contributed by atoms with Gasteiger partial charge in [0.1, 0.15) is 12.4 Å². The second-order valence-electron chi connectivity index (χ2n) is 8.44. The van der Waals surface area contributed by atoms with Gasteiger partial charge in [-0.05, 0) is 49.2 Å². The van der Waals surface area contributed by atoms with E-state index in [0.29, 0.717) is 19.0 Å². The molecular weight excluding hydrogens is 505 g/mol. The van der Waals surface area contributed by atoms with Crippen LogP contribution >= 0.6 is 0 Å². The van der Waals surface area contributed by atoms with Crippen molar-refractivity contribution in [3.63, 3.8) is 0 Å². The number of ether oxygens (including phenoxy) is 3. The summed E-state index contributed by atoms with van der Waals surface area (Å²) in [5, 5.41) is 11.8. The summed E-state index contributed by atoms with van der Waals surface area (Å²) in [6, 6.07) is 10.7. The highest BCUT2D eigenvalue weighted by molar-refractivity contribution is 5.89. The summed E-state index contributed by atoms with van der Waals surface area (Å²) in [5.41, 5.74) is -0.0538. The number of anilines is 1. The topological polar surface area (TPSA) is 97.3 Å². The summed E-state index contributed by atoms with van der Waals surface area (Å²) in [4.78, 5) is 25.5. The fourth-order valence-electron chi connectivity index (χ4n) is 3.44. The van der Waals surface area contributed by atoms with Gasteiger partial charge in [-0.25, -0.2) is 9.59 Å². The van der Waals surface area contributed by atoms with Crippen LogP contribution in [0.4, 0.5) is 23.7 Å². The van der Waals surface area contributed by atoms with E-state index < -0.39 is 29.8 Å². The monoisotopic (exact) mass is 540 g/mol. The van der Waals surface area contributed by atoms with Gasteiger partial charge >= 0.3 is 18.2 Å². The molecule has 2 aromatic carbocycles. The van der Waals surface area contributed by atoms with Crippen molar-refractivity contribution in [2.24, 2.45) is 0 Å². The second kappa shape index (κ2) is 15.8. The van der Waals surface area contributed by atoms with Crippen molar-refractivity contribution in [3.8, 4) is 5.75 Å². The maximum Gasteiger partial charge on any atom is 0.416 e. The van der Waals surface area contributed by atoms with Crippen molar-refractivity contribution >= 4 is 17.7 Å². The minimum absolute atomic E-state index is 0.0324. The molecule has 0 aromatic heterocycles. The zero-order chi connectivity index (χ0) is 28.0. The maximum absolute atomic E-state index is 13.0. The minimum atomic E-state index is -4.52. The van der Waals surface area contributed by atoms with Gasteiger partial charge < -0.3 is 29.5 Å². The lowest BCUT2D eigenvalue weighted by Crippen LogP contribution is -2.40. The molecule has 0 saturated carbocycles. The van der Waals surface area contributed by atoms with Gasteiger partial charge in [-0.2, -0.15) is 13.2 Å². The highest BCUT2D eigenvalue weighted by Crippen LogP contribution is 2.30. The molecule has 1 unspecified atom stereocenters. The highest BCUT2D eigenvalue weighted by atomic mass is 19.4. The molecule has 0 radical (unpaired) electrons. The van der Waals surface area contributed by atoms with Crippen LogP contribution in [0.1, 0.15) is 37.8 Å². The van der Waals surface area contributed by atoms with Crippen LogP contribution in [0.25, 0.3) is 0 Å². The van der Waals surface area contributed by atoms with E-state index in [0.717, 1.165) is 30.5 Å². The third-order valence-corrected chi connectivity index (χ3v) is 5.49. The molecule has 210 valence electrons. The third-order valence-electron chi connectivity index (χ3n) is 5.49. The number of rotatable bonds is 16. The Morgan fingerprint density at radius 2 is 1.74 bits per heavy atom. The van der Waals surface area contributed by atoms with Gasteiger partial charge in [-0.15, -0.1) is 0 Å². The summed E-state index contributed by atoms with van der Waals surface area (Å²) >= 11 is 0. The minimum Gasteiger partial charge on any atom is -0.492 e. The van der Waals surface area contributed by atoms with Crippen LogP contribution in [0, 0.1) is 0 Å². The summed E-state index contributed by atoms with van der Waals surface area (Å²) in [6.45, 7) is 5.39. The molecular formula is C27H35F3N2O6. The first-order chi connectivity index (χ1) is 18.1. The van der Waals surface area contributed by atoms with Crippen LogP contribution in [0.15, 0.2) is 48.5 Å². The van der Waals surface area contributed by atoms with Gasteiger partial charge in [0.25, 0.3) is 0 Å². The molecule has 38 heavy (non-hydrogen) atoms. The first kappa shape index (κ1) is 30.9.